The quantitative estimate of drug-likeness (QED) is 0.771. The summed E-state index contributed by atoms with van der Waals surface area (Å²) in [4.78, 5) is 23.0. The van der Waals surface area contributed by atoms with Gasteiger partial charge >= 0.3 is 5.97 Å². The first kappa shape index (κ1) is 15.0. The van der Waals surface area contributed by atoms with Crippen LogP contribution < -0.4 is 10.6 Å². The second-order valence-electron chi connectivity index (χ2n) is 4.58. The van der Waals surface area contributed by atoms with Crippen LogP contribution in [0.1, 0.15) is 16.8 Å². The number of aromatic carboxylic acids is 1. The zero-order chi connectivity index (χ0) is 14.7. The van der Waals surface area contributed by atoms with E-state index in [1.54, 1.807) is 13.2 Å². The predicted molar refractivity (Wildman–Crippen MR) is 76.9 cm³/mol. The Kier molecular flexibility index (Phi) is 4.74. The number of rotatable bonds is 4. The summed E-state index contributed by atoms with van der Waals surface area (Å²) in [6.07, 6.45) is 0.630. The van der Waals surface area contributed by atoms with Crippen LogP contribution in [-0.2, 0) is 9.53 Å². The lowest BCUT2D eigenvalue weighted by molar-refractivity contribution is -0.118. The number of carbonyl (C=O) groups excluding carboxylic acids is 1. The van der Waals surface area contributed by atoms with Crippen LogP contribution in [0, 0.1) is 0 Å². The fourth-order valence-corrected chi connectivity index (χ4v) is 2.59. The van der Waals surface area contributed by atoms with E-state index in [9.17, 15) is 9.59 Å². The fraction of sp³-hybridized carbons (Fsp3) is 0.385. The van der Waals surface area contributed by atoms with E-state index in [0.29, 0.717) is 23.1 Å². The van der Waals surface area contributed by atoms with Crippen molar-refractivity contribution in [2.75, 3.05) is 19.0 Å². The van der Waals surface area contributed by atoms with Crippen LogP contribution >= 0.6 is 15.9 Å². The van der Waals surface area contributed by atoms with Gasteiger partial charge in [0, 0.05) is 23.8 Å². The van der Waals surface area contributed by atoms with E-state index in [1.165, 1.54) is 12.1 Å². The van der Waals surface area contributed by atoms with E-state index < -0.39 is 5.97 Å². The van der Waals surface area contributed by atoms with Crippen molar-refractivity contribution < 1.29 is 19.4 Å². The third kappa shape index (κ3) is 3.56. The third-order valence-corrected chi connectivity index (χ3v) is 3.61. The highest BCUT2D eigenvalue weighted by Crippen LogP contribution is 2.20. The predicted octanol–water partition coefficient (Wildman–Crippen LogP) is 1.46. The van der Waals surface area contributed by atoms with Gasteiger partial charge in [0.1, 0.15) is 0 Å². The summed E-state index contributed by atoms with van der Waals surface area (Å²) in [6.45, 7) is 0.632. The Labute approximate surface area is 124 Å². The van der Waals surface area contributed by atoms with Gasteiger partial charge in [-0.25, -0.2) is 4.79 Å². The Hall–Kier alpha value is -1.44. The standard InChI is InChI=1S/C13H15BrN2O4/c1-20-10-5-11(15-6-10)12(17)16-9-3-7(13(18)19)2-8(14)4-9/h2-4,10-11,15H,5-6H2,1H3,(H,16,17)(H,18,19). The van der Waals surface area contributed by atoms with Crippen LogP contribution in [0.5, 0.6) is 0 Å². The molecule has 0 aliphatic carbocycles. The average Bonchev–Trinajstić information content (AvgIpc) is 2.86. The molecule has 1 aromatic rings. The van der Waals surface area contributed by atoms with Gasteiger partial charge in [0.15, 0.2) is 0 Å². The SMILES string of the molecule is COC1CNC(C(=O)Nc2cc(Br)cc(C(=O)O)c2)C1. The number of carbonyl (C=O) groups is 2. The van der Waals surface area contributed by atoms with Crippen LogP contribution in [0.15, 0.2) is 22.7 Å². The van der Waals surface area contributed by atoms with E-state index >= 15 is 0 Å². The van der Waals surface area contributed by atoms with E-state index in [0.717, 1.165) is 0 Å². The summed E-state index contributed by atoms with van der Waals surface area (Å²) in [6, 6.07) is 4.24. The van der Waals surface area contributed by atoms with E-state index in [-0.39, 0.29) is 23.6 Å². The minimum Gasteiger partial charge on any atom is -0.478 e. The van der Waals surface area contributed by atoms with Crippen molar-refractivity contribution in [2.45, 2.75) is 18.6 Å². The Morgan fingerprint density at radius 3 is 2.80 bits per heavy atom. The summed E-state index contributed by atoms with van der Waals surface area (Å²) in [5.41, 5.74) is 0.563. The fourth-order valence-electron chi connectivity index (χ4n) is 2.10. The molecule has 6 nitrogen and oxygen atoms in total. The maximum absolute atomic E-state index is 12.1. The summed E-state index contributed by atoms with van der Waals surface area (Å²) in [5.74, 6) is -1.24. The molecule has 7 heteroatoms. The highest BCUT2D eigenvalue weighted by atomic mass is 79.9. The van der Waals surface area contributed by atoms with E-state index in [1.807, 2.05) is 0 Å². The number of anilines is 1. The number of benzene rings is 1. The maximum atomic E-state index is 12.1. The Morgan fingerprint density at radius 2 is 2.20 bits per heavy atom. The molecule has 1 aliphatic heterocycles. The van der Waals surface area contributed by atoms with Crippen molar-refractivity contribution in [3.8, 4) is 0 Å². The molecule has 2 rings (SSSR count). The first-order valence-electron chi connectivity index (χ1n) is 6.10. The molecule has 1 aliphatic rings. The molecule has 20 heavy (non-hydrogen) atoms. The van der Waals surface area contributed by atoms with Crippen LogP contribution in [0.2, 0.25) is 0 Å². The Balaban J connectivity index is 2.06. The lowest BCUT2D eigenvalue weighted by Gasteiger charge is -2.12. The molecule has 2 atom stereocenters. The molecular weight excluding hydrogens is 328 g/mol. The molecule has 3 N–H and O–H groups in total. The van der Waals surface area contributed by atoms with Gasteiger partial charge in [-0.1, -0.05) is 15.9 Å². The topological polar surface area (TPSA) is 87.7 Å². The van der Waals surface area contributed by atoms with Gasteiger partial charge in [-0.05, 0) is 24.6 Å². The first-order valence-corrected chi connectivity index (χ1v) is 6.90. The molecule has 0 aromatic heterocycles. The number of carboxylic acid groups (broad SMARTS) is 1. The van der Waals surface area contributed by atoms with Gasteiger partial charge in [-0.3, -0.25) is 4.79 Å². The van der Waals surface area contributed by atoms with Crippen LogP contribution in [0.3, 0.4) is 0 Å². The van der Waals surface area contributed by atoms with Crippen LogP contribution in [0.25, 0.3) is 0 Å². The second kappa shape index (κ2) is 6.34. The molecule has 1 heterocycles. The molecule has 1 saturated heterocycles. The lowest BCUT2D eigenvalue weighted by atomic mass is 10.1. The molecule has 108 valence electrons. The molecule has 0 saturated carbocycles. The van der Waals surface area contributed by atoms with Crippen molar-refractivity contribution in [1.29, 1.82) is 0 Å². The molecule has 1 aromatic carbocycles. The number of halogens is 1. The number of methoxy groups -OCH3 is 1. The summed E-state index contributed by atoms with van der Waals surface area (Å²) < 4.78 is 5.78. The number of hydrogen-bond acceptors (Lipinski definition) is 4. The van der Waals surface area contributed by atoms with Crippen LogP contribution in [0.4, 0.5) is 5.69 Å². The van der Waals surface area contributed by atoms with E-state index in [4.69, 9.17) is 9.84 Å². The highest BCUT2D eigenvalue weighted by Gasteiger charge is 2.29. The molecule has 2 unspecified atom stereocenters. The van der Waals surface area contributed by atoms with Gasteiger partial charge in [0.25, 0.3) is 0 Å². The number of carboxylic acids is 1. The number of ether oxygens (including phenoxy) is 1. The summed E-state index contributed by atoms with van der Waals surface area (Å²) in [5, 5.41) is 14.8. The molecule has 1 fully saturated rings. The minimum absolute atomic E-state index is 0.0304. The van der Waals surface area contributed by atoms with Crippen molar-refractivity contribution >= 4 is 33.5 Å². The zero-order valence-electron chi connectivity index (χ0n) is 10.9. The first-order chi connectivity index (χ1) is 9.49. The van der Waals surface area contributed by atoms with Gasteiger partial charge in [-0.2, -0.15) is 0 Å². The van der Waals surface area contributed by atoms with E-state index in [2.05, 4.69) is 26.6 Å². The Bertz CT molecular complexity index is 535. The third-order valence-electron chi connectivity index (χ3n) is 3.15. The smallest absolute Gasteiger partial charge is 0.335 e. The summed E-state index contributed by atoms with van der Waals surface area (Å²) in [7, 11) is 1.61. The molecule has 0 radical (unpaired) electrons. The molecular formula is C13H15BrN2O4. The van der Waals surface area contributed by atoms with Gasteiger partial charge in [-0.15, -0.1) is 0 Å². The van der Waals surface area contributed by atoms with Crippen molar-refractivity contribution in [1.82, 2.24) is 5.32 Å². The highest BCUT2D eigenvalue weighted by molar-refractivity contribution is 9.10. The van der Waals surface area contributed by atoms with Gasteiger partial charge in [0.05, 0.1) is 17.7 Å². The molecule has 0 bridgehead atoms. The van der Waals surface area contributed by atoms with Crippen molar-refractivity contribution in [2.24, 2.45) is 0 Å². The molecule has 0 spiro atoms. The van der Waals surface area contributed by atoms with Gasteiger partial charge < -0.3 is 20.5 Å². The lowest BCUT2D eigenvalue weighted by Crippen LogP contribution is -2.35. The number of amides is 1. The van der Waals surface area contributed by atoms with Gasteiger partial charge in [0.2, 0.25) is 5.91 Å². The van der Waals surface area contributed by atoms with Crippen molar-refractivity contribution in [3.05, 3.63) is 28.2 Å². The average molecular weight is 343 g/mol. The second-order valence-corrected chi connectivity index (χ2v) is 5.49. The monoisotopic (exact) mass is 342 g/mol. The van der Waals surface area contributed by atoms with Crippen LogP contribution in [-0.4, -0.2) is 42.8 Å². The maximum Gasteiger partial charge on any atom is 0.335 e. The number of nitrogens with one attached hydrogen (secondary N) is 2. The normalized spacial score (nSPS) is 21.7. The van der Waals surface area contributed by atoms with Crippen molar-refractivity contribution in [3.63, 3.8) is 0 Å². The Morgan fingerprint density at radius 1 is 1.45 bits per heavy atom. The largest absolute Gasteiger partial charge is 0.478 e. The summed E-state index contributed by atoms with van der Waals surface area (Å²) >= 11 is 3.23. The zero-order valence-corrected chi connectivity index (χ0v) is 12.4. The minimum atomic E-state index is -1.04. The molecule has 1 amide bonds. The number of hydrogen-bond donors (Lipinski definition) is 3.